The van der Waals surface area contributed by atoms with Gasteiger partial charge in [-0.2, -0.15) is 0 Å². The van der Waals surface area contributed by atoms with E-state index >= 15 is 0 Å². The van der Waals surface area contributed by atoms with Gasteiger partial charge in [0.05, 0.1) is 22.2 Å². The highest BCUT2D eigenvalue weighted by atomic mass is 79.9. The fourth-order valence-electron chi connectivity index (χ4n) is 8.57. The molecule has 4 aromatic rings. The minimum atomic E-state index is -1.02. The average Bonchev–Trinajstić information content (AvgIpc) is 4.13. The minimum Gasteiger partial charge on any atom is -0.444 e. The molecule has 0 bridgehead atoms. The molecule has 79 heavy (non-hydrogen) atoms. The highest BCUT2D eigenvalue weighted by Gasteiger charge is 2.39. The van der Waals surface area contributed by atoms with Crippen LogP contribution in [-0.4, -0.2) is 137 Å². The molecule has 2 atom stereocenters. The maximum atomic E-state index is 13.9. The summed E-state index contributed by atoms with van der Waals surface area (Å²) in [7, 11) is 0. The van der Waals surface area contributed by atoms with Gasteiger partial charge in [0.2, 0.25) is 0 Å². The fraction of sp³-hybridized carbons (Fsp3) is 0.567. The lowest BCUT2D eigenvalue weighted by atomic mass is 10.0. The Labute approximate surface area is 475 Å². The van der Waals surface area contributed by atoms with E-state index in [9.17, 15) is 33.9 Å². The number of rotatable bonds is 11. The smallest absolute Gasteiger partial charge is 0.410 e. The number of aliphatic hydroxyl groups is 2. The average molecular weight is 1160 g/mol. The van der Waals surface area contributed by atoms with Crippen molar-refractivity contribution in [2.75, 3.05) is 26.2 Å². The molecule has 0 saturated carbocycles. The van der Waals surface area contributed by atoms with E-state index in [1.54, 1.807) is 96.8 Å². The molecular formula is C60H87BrN6O12. The van der Waals surface area contributed by atoms with Crippen LogP contribution < -0.4 is 10.6 Å². The molecule has 6 rings (SSSR count). The number of alkyl carbamates (subject to hydrolysis) is 2. The molecule has 19 heteroatoms. The van der Waals surface area contributed by atoms with Crippen LogP contribution in [0, 0.1) is 0 Å². The number of amides is 4. The standard InChI is InChI=1S/C30H43N3O6.C25H34BrN3O5.C5H10O/c1-28(2,3)38-26(35)31-17-15-21-19-33(22-12-9-11-20(24(21)22)14-16-30(7,8)37)25(34)23-13-10-18-32(23)27(36)39-29(4,5)6;1-24(2,3)33-22(31)27-13-12-16-15-29(18-10-7-9-17(26)20(16)18)21(30)19-11-8-14-28(19)23(32)34-25(4,5)6;1-4-5(2,3)6/h9,11-12,14,16,19,23,37H,10,13,15,17-18H2,1-8H3,(H,31,35);7,9-10,15,19H,8,11-14H2,1-6H3,(H,27,31);4,6H,1H2,2-3H3/b16-14+;;/t23-;19-;/m00./s1. The number of carbonyl (C=O) groups is 6. The Morgan fingerprint density at radius 1 is 0.595 bits per heavy atom. The Morgan fingerprint density at radius 2 is 0.975 bits per heavy atom. The second-order valence-electron chi connectivity index (χ2n) is 25.0. The van der Waals surface area contributed by atoms with Crippen LogP contribution in [0.15, 0.2) is 72.0 Å². The summed E-state index contributed by atoms with van der Waals surface area (Å²) < 4.78 is 25.8. The van der Waals surface area contributed by atoms with Crippen molar-refractivity contribution in [1.82, 2.24) is 29.6 Å². The first-order valence-electron chi connectivity index (χ1n) is 27.0. The van der Waals surface area contributed by atoms with Gasteiger partial charge in [0.15, 0.2) is 0 Å². The summed E-state index contributed by atoms with van der Waals surface area (Å²) in [6.45, 7) is 33.4. The summed E-state index contributed by atoms with van der Waals surface area (Å²) in [4.78, 5) is 80.3. The maximum absolute atomic E-state index is 13.9. The molecule has 2 aliphatic heterocycles. The number of aromatic nitrogens is 2. The number of ether oxygens (including phenoxy) is 4. The topological polar surface area (TPSA) is 220 Å². The molecule has 18 nitrogen and oxygen atoms in total. The molecule has 436 valence electrons. The Kier molecular flexibility index (Phi) is 21.8. The van der Waals surface area contributed by atoms with Crippen LogP contribution in [0.5, 0.6) is 0 Å². The molecule has 4 heterocycles. The van der Waals surface area contributed by atoms with Gasteiger partial charge >= 0.3 is 24.4 Å². The summed E-state index contributed by atoms with van der Waals surface area (Å²) in [6, 6.07) is 10.1. The molecule has 0 spiro atoms. The van der Waals surface area contributed by atoms with Crippen molar-refractivity contribution >= 4 is 80.0 Å². The predicted molar refractivity (Wildman–Crippen MR) is 312 cm³/mol. The van der Waals surface area contributed by atoms with Crippen LogP contribution in [0.1, 0.15) is 163 Å². The van der Waals surface area contributed by atoms with Crippen molar-refractivity contribution in [3.8, 4) is 0 Å². The van der Waals surface area contributed by atoms with Crippen LogP contribution in [0.25, 0.3) is 27.9 Å². The largest absolute Gasteiger partial charge is 0.444 e. The van der Waals surface area contributed by atoms with E-state index in [1.165, 1.54) is 15.9 Å². The lowest BCUT2D eigenvalue weighted by Gasteiger charge is -2.28. The number of fused-ring (bicyclic) bond motifs is 2. The van der Waals surface area contributed by atoms with Gasteiger partial charge in [0.1, 0.15) is 34.5 Å². The van der Waals surface area contributed by atoms with Crippen LogP contribution >= 0.6 is 15.9 Å². The van der Waals surface area contributed by atoms with Crippen LogP contribution in [-0.2, 0) is 31.8 Å². The molecule has 0 aliphatic carbocycles. The molecular weight excluding hydrogens is 1080 g/mol. The van der Waals surface area contributed by atoms with Gasteiger partial charge in [-0.25, -0.2) is 19.2 Å². The molecule has 2 aliphatic rings. The summed E-state index contributed by atoms with van der Waals surface area (Å²) in [5, 5.41) is 26.3. The normalized spacial score (nSPS) is 16.2. The van der Waals surface area contributed by atoms with Crippen molar-refractivity contribution in [2.45, 2.75) is 195 Å². The zero-order valence-electron chi connectivity index (χ0n) is 49.4. The van der Waals surface area contributed by atoms with Crippen molar-refractivity contribution in [3.63, 3.8) is 0 Å². The Hall–Kier alpha value is -6.18. The number of hydrogen-bond donors (Lipinski definition) is 4. The quantitative estimate of drug-likeness (QED) is 0.0814. The number of hydrogen-bond acceptors (Lipinski definition) is 12. The third-order valence-electron chi connectivity index (χ3n) is 11.9. The molecule has 2 saturated heterocycles. The molecule has 2 fully saturated rings. The van der Waals surface area contributed by atoms with E-state index in [0.29, 0.717) is 63.8 Å². The van der Waals surface area contributed by atoms with Crippen molar-refractivity contribution < 1.29 is 57.9 Å². The number of benzene rings is 2. The lowest BCUT2D eigenvalue weighted by Crippen LogP contribution is -2.44. The summed E-state index contributed by atoms with van der Waals surface area (Å²) >= 11 is 3.60. The molecule has 0 unspecified atom stereocenters. The van der Waals surface area contributed by atoms with Gasteiger partial charge in [0, 0.05) is 53.8 Å². The predicted octanol–water partition coefficient (Wildman–Crippen LogP) is 12.0. The van der Waals surface area contributed by atoms with E-state index in [1.807, 2.05) is 84.0 Å². The van der Waals surface area contributed by atoms with Gasteiger partial charge in [-0.15, -0.1) is 6.58 Å². The summed E-state index contributed by atoms with van der Waals surface area (Å²) in [6.07, 6.45) is 10.2. The van der Waals surface area contributed by atoms with Crippen LogP contribution in [0.2, 0.25) is 0 Å². The molecule has 2 aromatic carbocycles. The van der Waals surface area contributed by atoms with Gasteiger partial charge < -0.3 is 39.8 Å². The third-order valence-corrected chi connectivity index (χ3v) is 12.6. The Bertz CT molecular complexity index is 2840. The monoisotopic (exact) mass is 1160 g/mol. The van der Waals surface area contributed by atoms with Gasteiger partial charge in [-0.05, 0) is 184 Å². The van der Waals surface area contributed by atoms with Gasteiger partial charge in [-0.3, -0.25) is 28.5 Å². The van der Waals surface area contributed by atoms with Crippen molar-refractivity contribution in [3.05, 3.63) is 88.7 Å². The van der Waals surface area contributed by atoms with E-state index in [4.69, 9.17) is 24.1 Å². The van der Waals surface area contributed by atoms with E-state index < -0.39 is 70.1 Å². The number of carbonyl (C=O) groups excluding carboxylic acids is 6. The van der Waals surface area contributed by atoms with Crippen LogP contribution in [0.3, 0.4) is 0 Å². The number of nitrogens with one attached hydrogen (secondary N) is 2. The minimum absolute atomic E-state index is 0.169. The third kappa shape index (κ3) is 20.5. The molecule has 0 radical (unpaired) electrons. The maximum Gasteiger partial charge on any atom is 0.410 e. The second-order valence-corrected chi connectivity index (χ2v) is 25.8. The zero-order valence-corrected chi connectivity index (χ0v) is 51.0. The van der Waals surface area contributed by atoms with Gasteiger partial charge in [-0.1, -0.05) is 52.4 Å². The Balaban J connectivity index is 0.000000311. The Morgan fingerprint density at radius 3 is 1.35 bits per heavy atom. The molecule has 4 amide bonds. The number of likely N-dealkylation sites (tertiary alicyclic amines) is 2. The first kappa shape index (κ1) is 65.3. The fourth-order valence-corrected chi connectivity index (χ4v) is 9.18. The highest BCUT2D eigenvalue weighted by molar-refractivity contribution is 9.10. The highest BCUT2D eigenvalue weighted by Crippen LogP contribution is 2.33. The first-order valence-corrected chi connectivity index (χ1v) is 27.8. The second kappa shape index (κ2) is 26.4. The SMILES string of the molecule is C=CC(C)(C)O.CC(C)(C)OC(=O)NCCc1cn(C(=O)[C@@H]2CCCN2C(=O)OC(C)(C)C)c2cccc(Br)c12.CC(C)(O)/C=C/c1cccc2c1c(CCNC(=O)OC(C)(C)C)cn2C(=O)[C@@H]1CCCN1C(=O)OC(C)(C)C. The first-order chi connectivity index (χ1) is 36.3. The molecule has 4 N–H and O–H groups in total. The van der Waals surface area contributed by atoms with E-state index in [0.717, 1.165) is 43.9 Å². The van der Waals surface area contributed by atoms with Gasteiger partial charge in [0.25, 0.3) is 11.8 Å². The molecule has 2 aromatic heterocycles. The number of nitrogens with zero attached hydrogens (tertiary/aromatic N) is 4. The number of halogens is 1. The van der Waals surface area contributed by atoms with E-state index in [2.05, 4.69) is 33.1 Å². The van der Waals surface area contributed by atoms with E-state index in [-0.39, 0.29) is 11.8 Å². The zero-order chi connectivity index (χ0) is 59.6. The van der Waals surface area contributed by atoms with Crippen molar-refractivity contribution in [1.29, 1.82) is 0 Å². The van der Waals surface area contributed by atoms with Crippen LogP contribution in [0.4, 0.5) is 19.2 Å². The summed E-state index contributed by atoms with van der Waals surface area (Å²) in [5.74, 6) is -0.379. The van der Waals surface area contributed by atoms with Crippen molar-refractivity contribution in [2.24, 2.45) is 0 Å². The lowest BCUT2D eigenvalue weighted by molar-refractivity contribution is 0.0205. The summed E-state index contributed by atoms with van der Waals surface area (Å²) in [5.41, 5.74) is -0.138.